The van der Waals surface area contributed by atoms with Gasteiger partial charge < -0.3 is 30.6 Å². The largest absolute Gasteiger partial charge is 0.508 e. The van der Waals surface area contributed by atoms with Gasteiger partial charge in [0.1, 0.15) is 34.5 Å². The molecule has 9 aromatic carbocycles. The van der Waals surface area contributed by atoms with Crippen molar-refractivity contribution in [2.24, 2.45) is 0 Å². The van der Waals surface area contributed by atoms with Gasteiger partial charge in [0.25, 0.3) is 0 Å². The average molecular weight is 895 g/mol. The SMILES string of the molecule is CC(c1ccccc1)(c1ccc(C(C)(c2ccccc2)c2cc(Cc3ccc(O)cc3)c(O)c(Cc3ccc(O)cc3)c2)cc1)c1cc(Cc2ccc(O)cc2)c(O)c(Cc2ccc(O)cc2)c1. The molecule has 2 atom stereocenters. The Morgan fingerprint density at radius 2 is 0.485 bits per heavy atom. The fraction of sp³-hybridized carbons (Fsp3) is 0.129. The lowest BCUT2D eigenvalue weighted by Crippen LogP contribution is -2.28. The average Bonchev–Trinajstić information content (AvgIpc) is 3.36. The lowest BCUT2D eigenvalue weighted by Gasteiger charge is -2.36. The molecule has 6 N–H and O–H groups in total. The molecule has 0 aliphatic rings. The van der Waals surface area contributed by atoms with E-state index in [1.165, 1.54) is 0 Å². The van der Waals surface area contributed by atoms with Gasteiger partial charge in [0, 0.05) is 36.5 Å². The molecule has 0 spiro atoms. The van der Waals surface area contributed by atoms with Crippen LogP contribution in [-0.4, -0.2) is 30.6 Å². The zero-order valence-corrected chi connectivity index (χ0v) is 38.1. The molecule has 0 fully saturated rings. The van der Waals surface area contributed by atoms with Crippen LogP contribution in [0.1, 0.15) is 91.7 Å². The second kappa shape index (κ2) is 18.9. The summed E-state index contributed by atoms with van der Waals surface area (Å²) in [4.78, 5) is 0. The molecule has 0 aliphatic carbocycles. The van der Waals surface area contributed by atoms with Gasteiger partial charge in [-0.05, 0) is 140 Å². The Bertz CT molecular complexity index is 2790. The van der Waals surface area contributed by atoms with Crippen LogP contribution in [0.15, 0.2) is 206 Å². The summed E-state index contributed by atoms with van der Waals surface area (Å²) < 4.78 is 0. The van der Waals surface area contributed by atoms with Crippen molar-refractivity contribution in [3.05, 3.63) is 284 Å². The predicted octanol–water partition coefficient (Wildman–Crippen LogP) is 13.0. The fourth-order valence-corrected chi connectivity index (χ4v) is 9.65. The first-order valence-corrected chi connectivity index (χ1v) is 22.9. The van der Waals surface area contributed by atoms with Gasteiger partial charge in [-0.25, -0.2) is 0 Å². The zero-order chi connectivity index (χ0) is 47.4. The molecule has 0 aliphatic heterocycles. The fourth-order valence-electron chi connectivity index (χ4n) is 9.65. The van der Waals surface area contributed by atoms with Crippen molar-refractivity contribution in [3.63, 3.8) is 0 Å². The van der Waals surface area contributed by atoms with Gasteiger partial charge in [0.2, 0.25) is 0 Å². The van der Waals surface area contributed by atoms with Crippen LogP contribution in [0.5, 0.6) is 34.5 Å². The topological polar surface area (TPSA) is 121 Å². The second-order valence-corrected chi connectivity index (χ2v) is 18.2. The Labute approximate surface area is 398 Å². The highest BCUT2D eigenvalue weighted by Crippen LogP contribution is 2.46. The third-order valence-electron chi connectivity index (χ3n) is 13.8. The molecule has 338 valence electrons. The molecule has 0 saturated carbocycles. The van der Waals surface area contributed by atoms with E-state index < -0.39 is 10.8 Å². The molecule has 6 nitrogen and oxygen atoms in total. The predicted molar refractivity (Wildman–Crippen MR) is 270 cm³/mol. The van der Waals surface area contributed by atoms with E-state index in [4.69, 9.17) is 0 Å². The maximum Gasteiger partial charge on any atom is 0.122 e. The number of hydrogen-bond acceptors (Lipinski definition) is 6. The minimum atomic E-state index is -0.697. The monoisotopic (exact) mass is 894 g/mol. The normalized spacial score (nSPS) is 13.1. The minimum Gasteiger partial charge on any atom is -0.508 e. The third kappa shape index (κ3) is 9.27. The highest BCUT2D eigenvalue weighted by Gasteiger charge is 2.36. The van der Waals surface area contributed by atoms with Gasteiger partial charge >= 0.3 is 0 Å². The lowest BCUT2D eigenvalue weighted by atomic mass is 9.67. The molecule has 0 radical (unpaired) electrons. The van der Waals surface area contributed by atoms with E-state index in [2.05, 4.69) is 111 Å². The van der Waals surface area contributed by atoms with Crippen LogP contribution in [0.2, 0.25) is 0 Å². The first kappa shape index (κ1) is 45.0. The summed E-state index contributed by atoms with van der Waals surface area (Å²) in [6.07, 6.45) is 1.77. The van der Waals surface area contributed by atoms with E-state index >= 15 is 0 Å². The molecule has 68 heavy (non-hydrogen) atoms. The van der Waals surface area contributed by atoms with E-state index in [0.29, 0.717) is 25.7 Å². The van der Waals surface area contributed by atoms with Crippen LogP contribution < -0.4 is 0 Å². The smallest absolute Gasteiger partial charge is 0.122 e. The zero-order valence-electron chi connectivity index (χ0n) is 38.1. The Hall–Kier alpha value is -8.22. The molecule has 9 aromatic rings. The van der Waals surface area contributed by atoms with Crippen LogP contribution in [0.4, 0.5) is 0 Å². The van der Waals surface area contributed by atoms with Crippen LogP contribution in [0, 0.1) is 0 Å². The number of benzene rings is 9. The summed E-state index contributed by atoms with van der Waals surface area (Å²) >= 11 is 0. The van der Waals surface area contributed by atoms with Crippen LogP contribution >= 0.6 is 0 Å². The maximum atomic E-state index is 12.0. The molecule has 0 bridgehead atoms. The molecular weight excluding hydrogens is 841 g/mol. The summed E-state index contributed by atoms with van der Waals surface area (Å²) in [5.41, 5.74) is 11.7. The van der Waals surface area contributed by atoms with Gasteiger partial charge in [0.15, 0.2) is 0 Å². The summed E-state index contributed by atoms with van der Waals surface area (Å²) in [6, 6.07) is 66.5. The molecule has 2 unspecified atom stereocenters. The molecule has 6 heteroatoms. The number of aromatic hydroxyl groups is 6. The molecule has 0 heterocycles. The van der Waals surface area contributed by atoms with Crippen molar-refractivity contribution in [1.29, 1.82) is 0 Å². The van der Waals surface area contributed by atoms with Gasteiger partial charge in [-0.3, -0.25) is 0 Å². The first-order chi connectivity index (χ1) is 32.9. The van der Waals surface area contributed by atoms with E-state index in [1.807, 2.05) is 60.7 Å². The van der Waals surface area contributed by atoms with Gasteiger partial charge in [-0.15, -0.1) is 0 Å². The van der Waals surface area contributed by atoms with Crippen LogP contribution in [0.3, 0.4) is 0 Å². The molecule has 0 aromatic heterocycles. The van der Waals surface area contributed by atoms with Gasteiger partial charge in [-0.2, -0.15) is 0 Å². The standard InChI is InChI=1S/C62H54O6/c1-61(49-9-5-3-6-10-49,53-37-45(33-41-13-25-55(63)26-14-41)59(67)46(38-53)34-42-15-27-56(64)28-16-42)51-21-23-52(24-22-51)62(2,50-11-7-4-8-12-50)54-39-47(35-43-17-29-57(65)30-18-43)60(68)48(40-54)36-44-19-31-58(66)32-20-44/h3-32,37-40,63-68H,33-36H2,1-2H3. The summed E-state index contributed by atoms with van der Waals surface area (Å²) in [5, 5.41) is 64.3. The Balaban J connectivity index is 1.20. The van der Waals surface area contributed by atoms with Crippen molar-refractivity contribution < 1.29 is 30.6 Å². The molecule has 9 rings (SSSR count). The highest BCUT2D eigenvalue weighted by molar-refractivity contribution is 5.60. The van der Waals surface area contributed by atoms with E-state index in [9.17, 15) is 30.6 Å². The van der Waals surface area contributed by atoms with E-state index in [1.54, 1.807) is 48.5 Å². The number of hydrogen-bond donors (Lipinski definition) is 6. The van der Waals surface area contributed by atoms with Crippen molar-refractivity contribution >= 4 is 0 Å². The van der Waals surface area contributed by atoms with Crippen LogP contribution in [-0.2, 0) is 36.5 Å². The Morgan fingerprint density at radius 3 is 0.721 bits per heavy atom. The molecule has 0 saturated heterocycles. The molecular formula is C62H54O6. The van der Waals surface area contributed by atoms with Crippen molar-refractivity contribution in [2.75, 3.05) is 0 Å². The number of phenolic OH excluding ortho intramolecular Hbond substituents is 6. The third-order valence-corrected chi connectivity index (χ3v) is 13.8. The maximum absolute atomic E-state index is 12.0. The number of phenols is 6. The summed E-state index contributed by atoms with van der Waals surface area (Å²) in [5.74, 6) is 1.14. The van der Waals surface area contributed by atoms with E-state index in [-0.39, 0.29) is 34.5 Å². The summed E-state index contributed by atoms with van der Waals surface area (Å²) in [6.45, 7) is 4.47. The van der Waals surface area contributed by atoms with Crippen molar-refractivity contribution in [1.82, 2.24) is 0 Å². The summed E-state index contributed by atoms with van der Waals surface area (Å²) in [7, 11) is 0. The van der Waals surface area contributed by atoms with Gasteiger partial charge in [-0.1, -0.05) is 158 Å². The number of rotatable bonds is 14. The highest BCUT2D eigenvalue weighted by atomic mass is 16.3. The lowest BCUT2D eigenvalue weighted by molar-refractivity contribution is 0.462. The molecule has 0 amide bonds. The van der Waals surface area contributed by atoms with Gasteiger partial charge in [0.05, 0.1) is 0 Å². The van der Waals surface area contributed by atoms with Crippen molar-refractivity contribution in [3.8, 4) is 34.5 Å². The Kier molecular flexibility index (Phi) is 12.5. The Morgan fingerprint density at radius 1 is 0.265 bits per heavy atom. The second-order valence-electron chi connectivity index (χ2n) is 18.2. The van der Waals surface area contributed by atoms with Crippen LogP contribution in [0.25, 0.3) is 0 Å². The quantitative estimate of drug-likeness (QED) is 0.0605. The van der Waals surface area contributed by atoms with Crippen molar-refractivity contribution in [2.45, 2.75) is 50.4 Å². The first-order valence-electron chi connectivity index (χ1n) is 22.9. The van der Waals surface area contributed by atoms with E-state index in [0.717, 1.165) is 77.9 Å². The minimum absolute atomic E-state index is 0.178.